The molecule has 0 atom stereocenters. The first-order valence-corrected chi connectivity index (χ1v) is 4.00. The molecule has 0 aliphatic rings. The van der Waals surface area contributed by atoms with E-state index in [0.717, 1.165) is 0 Å². The molecule has 16 heavy (non-hydrogen) atoms. The van der Waals surface area contributed by atoms with Gasteiger partial charge in [-0.25, -0.2) is 4.98 Å². The van der Waals surface area contributed by atoms with E-state index >= 15 is 0 Å². The van der Waals surface area contributed by atoms with Gasteiger partial charge < -0.3 is 16.8 Å². The molecule has 5 N–H and O–H groups in total. The van der Waals surface area contributed by atoms with E-state index in [0.29, 0.717) is 18.9 Å². The molecule has 1 rings (SSSR count). The van der Waals surface area contributed by atoms with E-state index in [-0.39, 0.29) is 36.3 Å². The van der Waals surface area contributed by atoms with Gasteiger partial charge in [-0.3, -0.25) is 10.1 Å². The van der Waals surface area contributed by atoms with Gasteiger partial charge in [-0.2, -0.15) is 0 Å². The minimum Gasteiger partial charge on any atom is -0.378 e. The van der Waals surface area contributed by atoms with Gasteiger partial charge in [0.25, 0.3) is 0 Å². The minimum absolute atomic E-state index is 0. The summed E-state index contributed by atoms with van der Waals surface area (Å²) in [5.74, 6) is 0.385. The number of nitrogens with zero attached hydrogens (tertiary/aromatic N) is 2. The smallest absolute Gasteiger partial charge is 0.311 e. The van der Waals surface area contributed by atoms with Crippen LogP contribution in [0.4, 0.5) is 17.3 Å². The van der Waals surface area contributed by atoms with Gasteiger partial charge in [-0.05, 0) is 6.07 Å². The maximum absolute atomic E-state index is 10.4. The Kier molecular flexibility index (Phi) is 8.46. The van der Waals surface area contributed by atoms with Gasteiger partial charge in [-0.15, -0.1) is 24.8 Å². The molecule has 1 heterocycles. The molecule has 92 valence electrons. The van der Waals surface area contributed by atoms with Crippen molar-refractivity contribution in [3.05, 3.63) is 22.2 Å². The summed E-state index contributed by atoms with van der Waals surface area (Å²) in [7, 11) is 0. The van der Waals surface area contributed by atoms with Gasteiger partial charge >= 0.3 is 5.69 Å². The van der Waals surface area contributed by atoms with Gasteiger partial charge in [-0.1, -0.05) is 0 Å². The molecule has 9 heteroatoms. The fourth-order valence-corrected chi connectivity index (χ4v) is 0.921. The highest BCUT2D eigenvalue weighted by Crippen LogP contribution is 2.20. The highest BCUT2D eigenvalue weighted by atomic mass is 35.5. The summed E-state index contributed by atoms with van der Waals surface area (Å²) in [6.45, 7) is 1.00. The Morgan fingerprint density at radius 1 is 1.44 bits per heavy atom. The van der Waals surface area contributed by atoms with E-state index in [1.807, 2.05) is 0 Å². The standard InChI is InChI=1S/C7H11N5O2.2ClH/c8-3-4-10-6-2-1-5(12(13)14)7(9)11-6;;/h1-2H,3-4,8H2,(H3,9,10,11);2*1H. The van der Waals surface area contributed by atoms with E-state index in [2.05, 4.69) is 10.3 Å². The van der Waals surface area contributed by atoms with Crippen LogP contribution in [0.2, 0.25) is 0 Å². The lowest BCUT2D eigenvalue weighted by molar-refractivity contribution is -0.384. The van der Waals surface area contributed by atoms with Crippen LogP contribution in [0.15, 0.2) is 12.1 Å². The fraction of sp³-hybridized carbons (Fsp3) is 0.286. The fourth-order valence-electron chi connectivity index (χ4n) is 0.921. The zero-order valence-corrected chi connectivity index (χ0v) is 9.88. The normalized spacial score (nSPS) is 8.56. The number of nitrogen functional groups attached to an aromatic ring is 1. The number of nitrogens with one attached hydrogen (secondary N) is 1. The number of anilines is 2. The maximum atomic E-state index is 10.4. The Labute approximate surface area is 105 Å². The van der Waals surface area contributed by atoms with E-state index in [1.165, 1.54) is 12.1 Å². The minimum atomic E-state index is -0.574. The molecule has 0 saturated carbocycles. The lowest BCUT2D eigenvalue weighted by Gasteiger charge is -2.03. The monoisotopic (exact) mass is 269 g/mol. The van der Waals surface area contributed by atoms with Crippen molar-refractivity contribution in [2.24, 2.45) is 5.73 Å². The van der Waals surface area contributed by atoms with Crippen molar-refractivity contribution in [1.29, 1.82) is 0 Å². The number of hydrogen-bond acceptors (Lipinski definition) is 6. The van der Waals surface area contributed by atoms with Crippen LogP contribution in [-0.4, -0.2) is 23.0 Å². The molecule has 0 unspecified atom stereocenters. The molecular weight excluding hydrogens is 257 g/mol. The van der Waals surface area contributed by atoms with Gasteiger partial charge in [0, 0.05) is 19.2 Å². The molecule has 0 spiro atoms. The molecule has 0 amide bonds. The lowest BCUT2D eigenvalue weighted by atomic mass is 10.4. The SMILES string of the molecule is Cl.Cl.NCCNc1ccc([N+](=O)[O-])c(N)n1. The van der Waals surface area contributed by atoms with Gasteiger partial charge in [0.05, 0.1) is 4.92 Å². The average molecular weight is 270 g/mol. The summed E-state index contributed by atoms with van der Waals surface area (Å²) >= 11 is 0. The Bertz CT molecular complexity index is 350. The third-order valence-electron chi connectivity index (χ3n) is 1.55. The zero-order valence-electron chi connectivity index (χ0n) is 8.25. The molecule has 0 radical (unpaired) electrons. The van der Waals surface area contributed by atoms with E-state index in [1.54, 1.807) is 0 Å². The molecule has 0 fully saturated rings. The second-order valence-corrected chi connectivity index (χ2v) is 2.57. The Hall–Kier alpha value is -1.31. The molecule has 1 aromatic rings. The van der Waals surface area contributed by atoms with Crippen LogP contribution in [0.25, 0.3) is 0 Å². The molecule has 0 saturated heterocycles. The first-order valence-electron chi connectivity index (χ1n) is 4.00. The van der Waals surface area contributed by atoms with Gasteiger partial charge in [0.1, 0.15) is 5.82 Å². The van der Waals surface area contributed by atoms with Crippen molar-refractivity contribution in [3.8, 4) is 0 Å². The molecule has 0 aromatic carbocycles. The van der Waals surface area contributed by atoms with Crippen LogP contribution in [0, 0.1) is 10.1 Å². The van der Waals surface area contributed by atoms with Crippen LogP contribution in [-0.2, 0) is 0 Å². The van der Waals surface area contributed by atoms with Crippen molar-refractivity contribution < 1.29 is 4.92 Å². The summed E-state index contributed by atoms with van der Waals surface area (Å²) in [4.78, 5) is 13.6. The van der Waals surface area contributed by atoms with Gasteiger partial charge in [0.15, 0.2) is 0 Å². The molecule has 1 aromatic heterocycles. The third-order valence-corrected chi connectivity index (χ3v) is 1.55. The van der Waals surface area contributed by atoms with Crippen LogP contribution in [0.5, 0.6) is 0 Å². The predicted octanol–water partition coefficient (Wildman–Crippen LogP) is 0.786. The summed E-state index contributed by atoms with van der Waals surface area (Å²) in [5.41, 5.74) is 10.4. The van der Waals surface area contributed by atoms with Crippen molar-refractivity contribution in [2.45, 2.75) is 0 Å². The first-order chi connectivity index (χ1) is 6.65. The van der Waals surface area contributed by atoms with Crippen molar-refractivity contribution in [1.82, 2.24) is 4.98 Å². The number of nitrogens with two attached hydrogens (primary N) is 2. The highest BCUT2D eigenvalue weighted by molar-refractivity contribution is 5.85. The second-order valence-electron chi connectivity index (χ2n) is 2.57. The van der Waals surface area contributed by atoms with Crippen LogP contribution < -0.4 is 16.8 Å². The Balaban J connectivity index is 0. The van der Waals surface area contributed by atoms with E-state index in [9.17, 15) is 10.1 Å². The maximum Gasteiger partial charge on any atom is 0.311 e. The molecule has 0 bridgehead atoms. The summed E-state index contributed by atoms with van der Waals surface area (Å²) < 4.78 is 0. The second kappa shape index (κ2) is 7.91. The Morgan fingerprint density at radius 2 is 2.06 bits per heavy atom. The summed E-state index contributed by atoms with van der Waals surface area (Å²) in [6, 6.07) is 2.80. The third kappa shape index (κ3) is 4.47. The number of halogens is 2. The predicted molar refractivity (Wildman–Crippen MR) is 67.3 cm³/mol. The average Bonchev–Trinajstić information content (AvgIpc) is 2.14. The van der Waals surface area contributed by atoms with Crippen molar-refractivity contribution in [2.75, 3.05) is 24.1 Å². The van der Waals surface area contributed by atoms with Gasteiger partial charge in [0.2, 0.25) is 5.82 Å². The zero-order chi connectivity index (χ0) is 10.6. The van der Waals surface area contributed by atoms with Crippen LogP contribution in [0.1, 0.15) is 0 Å². The van der Waals surface area contributed by atoms with E-state index in [4.69, 9.17) is 11.5 Å². The Morgan fingerprint density at radius 3 is 2.50 bits per heavy atom. The highest BCUT2D eigenvalue weighted by Gasteiger charge is 2.12. The topological polar surface area (TPSA) is 120 Å². The number of nitro groups is 1. The molecule has 7 nitrogen and oxygen atoms in total. The first kappa shape index (κ1) is 17.1. The molecule has 0 aliphatic carbocycles. The number of hydrogen-bond donors (Lipinski definition) is 3. The van der Waals surface area contributed by atoms with Crippen LogP contribution in [0.3, 0.4) is 0 Å². The number of aromatic nitrogens is 1. The lowest BCUT2D eigenvalue weighted by Crippen LogP contribution is -2.14. The van der Waals surface area contributed by atoms with Crippen LogP contribution >= 0.6 is 24.8 Å². The summed E-state index contributed by atoms with van der Waals surface area (Å²) in [5, 5.41) is 13.3. The summed E-state index contributed by atoms with van der Waals surface area (Å²) in [6.07, 6.45) is 0. The van der Waals surface area contributed by atoms with Crippen molar-refractivity contribution in [3.63, 3.8) is 0 Å². The quantitative estimate of drug-likeness (QED) is 0.549. The molecular formula is C7H13Cl2N5O2. The molecule has 0 aliphatic heterocycles. The largest absolute Gasteiger partial charge is 0.378 e. The number of rotatable bonds is 4. The van der Waals surface area contributed by atoms with Crippen molar-refractivity contribution >= 4 is 42.1 Å². The van der Waals surface area contributed by atoms with E-state index < -0.39 is 4.92 Å². The number of pyridine rings is 1.